The number of rotatable bonds is 2. The van der Waals surface area contributed by atoms with E-state index < -0.39 is 5.66 Å². The molecule has 0 spiro atoms. The maximum absolute atomic E-state index is 11.2. The summed E-state index contributed by atoms with van der Waals surface area (Å²) in [6, 6.07) is 0. The van der Waals surface area contributed by atoms with Crippen molar-refractivity contribution in [3.63, 3.8) is 0 Å². The molecule has 1 saturated heterocycles. The monoisotopic (exact) mass is 237 g/mol. The second-order valence-electron chi connectivity index (χ2n) is 5.99. The van der Waals surface area contributed by atoms with Gasteiger partial charge in [0.25, 0.3) is 0 Å². The van der Waals surface area contributed by atoms with Crippen molar-refractivity contribution in [3.05, 3.63) is 20.6 Å². The van der Waals surface area contributed by atoms with Gasteiger partial charge in [-0.1, -0.05) is 19.0 Å². The van der Waals surface area contributed by atoms with Gasteiger partial charge in [0.15, 0.2) is 10.7 Å². The largest absolute Gasteiger partial charge is 0.235 e. The van der Waals surface area contributed by atoms with Crippen molar-refractivity contribution in [3.8, 4) is 0 Å². The molecular weight excluding hydrogens is 222 g/mol. The Bertz CT molecular complexity index is 462. The molecule has 4 bridgehead atoms. The number of hydrazine groups is 1. The van der Waals surface area contributed by atoms with Crippen LogP contribution in [-0.2, 0) is 0 Å². The Morgan fingerprint density at radius 2 is 2.29 bits per heavy atom. The number of nitrogens with zero attached hydrogens (tertiary/aromatic N) is 5. The van der Waals surface area contributed by atoms with E-state index in [4.69, 9.17) is 5.53 Å². The smallest absolute Gasteiger partial charge is 0.184 e. The summed E-state index contributed by atoms with van der Waals surface area (Å²) in [4.78, 5) is 14.1. The highest BCUT2D eigenvalue weighted by Crippen LogP contribution is 2.76. The molecule has 7 nitrogen and oxygen atoms in total. The van der Waals surface area contributed by atoms with Crippen molar-refractivity contribution in [2.24, 2.45) is 21.9 Å². The molecule has 0 aromatic heterocycles. The van der Waals surface area contributed by atoms with E-state index in [0.29, 0.717) is 18.9 Å². The second kappa shape index (κ2) is 2.67. The lowest BCUT2D eigenvalue weighted by molar-refractivity contribution is -0.675. The van der Waals surface area contributed by atoms with Crippen LogP contribution in [0.5, 0.6) is 0 Å². The fourth-order valence-corrected chi connectivity index (χ4v) is 4.68. The van der Waals surface area contributed by atoms with E-state index in [1.807, 2.05) is 0 Å². The van der Waals surface area contributed by atoms with Gasteiger partial charge in [-0.2, -0.15) is 0 Å². The molecule has 2 aliphatic carbocycles. The van der Waals surface area contributed by atoms with Crippen LogP contribution >= 0.6 is 0 Å². The summed E-state index contributed by atoms with van der Waals surface area (Å²) in [6.07, 6.45) is 2.64. The molecule has 1 aliphatic heterocycles. The van der Waals surface area contributed by atoms with Gasteiger partial charge in [0.2, 0.25) is 0 Å². The van der Waals surface area contributed by atoms with Gasteiger partial charge in [0.05, 0.1) is 6.54 Å². The fraction of sp³-hybridized carbons (Fsp3) is 1.00. The third kappa shape index (κ3) is 0.824. The Hall–Kier alpha value is -1.49. The van der Waals surface area contributed by atoms with Gasteiger partial charge in [0.1, 0.15) is 0 Å². The highest BCUT2D eigenvalue weighted by molar-refractivity contribution is 5.26. The zero-order valence-corrected chi connectivity index (χ0v) is 9.96. The van der Waals surface area contributed by atoms with Crippen molar-refractivity contribution in [1.82, 2.24) is 5.01 Å². The van der Waals surface area contributed by atoms with Crippen LogP contribution in [0.2, 0.25) is 0 Å². The standard InChI is InChI=1S/C10H15N5O2/c1-8-6-14(15(16)17)10(12-13-11)5-7(8)3-4-9(8,10)2/h7H,3-6H2,1-2H3/t7-,8-,9+,10+/m0/s1. The summed E-state index contributed by atoms with van der Waals surface area (Å²) >= 11 is 0. The third-order valence-corrected chi connectivity index (χ3v) is 5.88. The molecule has 0 radical (unpaired) electrons. The molecule has 0 N–H and O–H groups in total. The van der Waals surface area contributed by atoms with Crippen LogP contribution in [0.3, 0.4) is 0 Å². The minimum absolute atomic E-state index is 0.0890. The lowest BCUT2D eigenvalue weighted by Gasteiger charge is -2.39. The molecule has 3 aliphatic rings. The van der Waals surface area contributed by atoms with Gasteiger partial charge in [-0.15, -0.1) is 5.01 Å². The van der Waals surface area contributed by atoms with E-state index in [1.165, 1.54) is 5.01 Å². The normalized spacial score (nSPS) is 50.5. The van der Waals surface area contributed by atoms with Crippen LogP contribution < -0.4 is 0 Å². The molecule has 17 heavy (non-hydrogen) atoms. The molecule has 92 valence electrons. The number of piperidine rings is 1. The summed E-state index contributed by atoms with van der Waals surface area (Å²) in [5.74, 6) is 0.453. The van der Waals surface area contributed by atoms with E-state index in [-0.39, 0.29) is 15.9 Å². The summed E-state index contributed by atoms with van der Waals surface area (Å²) < 4.78 is 0. The molecule has 3 rings (SSSR count). The first-order valence-corrected chi connectivity index (χ1v) is 5.89. The topological polar surface area (TPSA) is 95.1 Å². The maximum atomic E-state index is 11.2. The van der Waals surface area contributed by atoms with E-state index in [1.54, 1.807) is 0 Å². The number of nitro groups is 1. The first-order chi connectivity index (χ1) is 7.91. The molecule has 1 heterocycles. The first kappa shape index (κ1) is 10.7. The van der Waals surface area contributed by atoms with Crippen LogP contribution in [0.1, 0.15) is 33.1 Å². The zero-order chi connectivity index (χ0) is 12.5. The highest BCUT2D eigenvalue weighted by atomic mass is 16.7. The van der Waals surface area contributed by atoms with Gasteiger partial charge in [0, 0.05) is 15.7 Å². The molecule has 3 fully saturated rings. The van der Waals surface area contributed by atoms with E-state index >= 15 is 0 Å². The van der Waals surface area contributed by atoms with E-state index in [9.17, 15) is 10.1 Å². The Balaban J connectivity index is 2.20. The predicted octanol–water partition coefficient (Wildman–Crippen LogP) is 2.33. The minimum Gasteiger partial charge on any atom is -0.235 e. The molecule has 0 amide bonds. The van der Waals surface area contributed by atoms with Gasteiger partial charge in [-0.3, -0.25) is 0 Å². The molecule has 2 saturated carbocycles. The van der Waals surface area contributed by atoms with E-state index in [0.717, 1.165) is 12.8 Å². The van der Waals surface area contributed by atoms with Crippen molar-refractivity contribution < 1.29 is 5.03 Å². The van der Waals surface area contributed by atoms with Crippen LogP contribution in [0, 0.1) is 26.9 Å². The molecule has 0 unspecified atom stereocenters. The summed E-state index contributed by atoms with van der Waals surface area (Å²) in [7, 11) is 0. The average Bonchev–Trinajstić information content (AvgIpc) is 2.69. The maximum Gasteiger partial charge on any atom is 0.184 e. The average molecular weight is 237 g/mol. The number of hydrogen-bond acceptors (Lipinski definition) is 3. The number of hydrogen-bond donors (Lipinski definition) is 0. The Labute approximate surface area is 98.5 Å². The Kier molecular flexibility index (Phi) is 1.67. The first-order valence-electron chi connectivity index (χ1n) is 5.89. The van der Waals surface area contributed by atoms with Gasteiger partial charge in [-0.05, 0) is 30.7 Å². The van der Waals surface area contributed by atoms with Gasteiger partial charge in [-0.25, -0.2) is 10.1 Å². The molecule has 7 heteroatoms. The highest BCUT2D eigenvalue weighted by Gasteiger charge is 2.81. The second-order valence-corrected chi connectivity index (χ2v) is 5.99. The van der Waals surface area contributed by atoms with Crippen LogP contribution in [0.4, 0.5) is 0 Å². The van der Waals surface area contributed by atoms with Crippen molar-refractivity contribution in [2.45, 2.75) is 38.8 Å². The minimum atomic E-state index is -0.942. The molecule has 0 aromatic rings. The van der Waals surface area contributed by atoms with Crippen molar-refractivity contribution in [2.75, 3.05) is 6.54 Å². The zero-order valence-electron chi connectivity index (χ0n) is 9.96. The molecular formula is C10H15N5O2. The summed E-state index contributed by atoms with van der Waals surface area (Å²) in [5, 5.41) is 15.9. The van der Waals surface area contributed by atoms with Crippen molar-refractivity contribution in [1.29, 1.82) is 0 Å². The van der Waals surface area contributed by atoms with Gasteiger partial charge >= 0.3 is 0 Å². The summed E-state index contributed by atoms with van der Waals surface area (Å²) in [5.41, 5.74) is 7.49. The third-order valence-electron chi connectivity index (χ3n) is 5.88. The van der Waals surface area contributed by atoms with E-state index in [2.05, 4.69) is 23.9 Å². The van der Waals surface area contributed by atoms with Crippen LogP contribution in [0.25, 0.3) is 10.4 Å². The quantitative estimate of drug-likeness (QED) is 0.242. The molecule has 4 atom stereocenters. The van der Waals surface area contributed by atoms with Crippen LogP contribution in [-0.4, -0.2) is 22.2 Å². The molecule has 0 aromatic carbocycles. The predicted molar refractivity (Wildman–Crippen MR) is 59.1 cm³/mol. The van der Waals surface area contributed by atoms with Gasteiger partial charge < -0.3 is 0 Å². The fourth-order valence-electron chi connectivity index (χ4n) is 4.68. The Morgan fingerprint density at radius 1 is 1.59 bits per heavy atom. The number of azide groups is 1. The lowest BCUT2D eigenvalue weighted by atomic mass is 9.69. The Morgan fingerprint density at radius 3 is 2.82 bits per heavy atom. The SMILES string of the molecule is C[C@]12CC[C@H]3C[C@@]1(N=[N+]=[N-])N([N+](=O)[O-])C[C@@]32C. The summed E-state index contributed by atoms with van der Waals surface area (Å²) in [6.45, 7) is 4.57. The lowest BCUT2D eigenvalue weighted by Crippen LogP contribution is -2.53. The van der Waals surface area contributed by atoms with Crippen LogP contribution in [0.15, 0.2) is 5.11 Å². The van der Waals surface area contributed by atoms with Crippen molar-refractivity contribution >= 4 is 0 Å².